The van der Waals surface area contributed by atoms with Crippen LogP contribution >= 0.6 is 0 Å². The Kier molecular flexibility index (Phi) is 4.57. The second-order valence-corrected chi connectivity index (χ2v) is 5.81. The standard InChI is InChI=1S/C17H21BNO3/c1-22-15-8-9-17-13(11-15)6-4-10-19(17)12-14-5-2-3-7-16(14)18(20)21/h2-7,9-11,14-16,20-21H,8,12H2,1H3/q+1. The molecule has 0 amide bonds. The van der Waals surface area contributed by atoms with Crippen molar-refractivity contribution in [3.05, 3.63) is 53.2 Å². The summed E-state index contributed by atoms with van der Waals surface area (Å²) in [5.41, 5.74) is 0. The van der Waals surface area contributed by atoms with E-state index in [9.17, 15) is 10.0 Å². The fraction of sp³-hybridized carbons (Fsp3) is 0.353. The van der Waals surface area contributed by atoms with Crippen molar-refractivity contribution in [2.24, 2.45) is 5.92 Å². The van der Waals surface area contributed by atoms with Gasteiger partial charge in [-0.3, -0.25) is 0 Å². The van der Waals surface area contributed by atoms with Gasteiger partial charge in [-0.25, -0.2) is 0 Å². The molecule has 2 aliphatic rings. The summed E-state index contributed by atoms with van der Waals surface area (Å²) in [6, 6.07) is 4.11. The summed E-state index contributed by atoms with van der Waals surface area (Å²) in [5.74, 6) is -0.206. The van der Waals surface area contributed by atoms with Crippen LogP contribution in [0.2, 0.25) is 5.82 Å². The molecule has 3 atom stereocenters. The highest BCUT2D eigenvalue weighted by atomic mass is 16.5. The third-order valence-electron chi connectivity index (χ3n) is 4.41. The number of hydrogen-bond donors (Lipinski definition) is 2. The van der Waals surface area contributed by atoms with Gasteiger partial charge in [0.05, 0.1) is 6.10 Å². The molecule has 22 heavy (non-hydrogen) atoms. The van der Waals surface area contributed by atoms with Gasteiger partial charge in [0.25, 0.3) is 0 Å². The van der Waals surface area contributed by atoms with E-state index in [4.69, 9.17) is 4.74 Å². The topological polar surface area (TPSA) is 53.6 Å². The summed E-state index contributed by atoms with van der Waals surface area (Å²) in [5, 5.41) is 21.5. The summed E-state index contributed by atoms with van der Waals surface area (Å²) >= 11 is 0. The van der Waals surface area contributed by atoms with Gasteiger partial charge in [0.15, 0.2) is 12.7 Å². The number of nitrogens with zero attached hydrogens (tertiary/aromatic N) is 1. The van der Waals surface area contributed by atoms with Gasteiger partial charge in [0.2, 0.25) is 5.35 Å². The maximum absolute atomic E-state index is 9.56. The normalized spacial score (nSPS) is 26.0. The van der Waals surface area contributed by atoms with Crippen LogP contribution in [0.3, 0.4) is 0 Å². The maximum Gasteiger partial charge on any atom is 0.459 e. The molecular weight excluding hydrogens is 277 g/mol. The van der Waals surface area contributed by atoms with Gasteiger partial charge in [0, 0.05) is 36.6 Å². The Labute approximate surface area is 130 Å². The van der Waals surface area contributed by atoms with Crippen LogP contribution in [0.5, 0.6) is 0 Å². The van der Waals surface area contributed by atoms with Crippen molar-refractivity contribution in [3.8, 4) is 0 Å². The molecule has 114 valence electrons. The minimum Gasteiger partial charge on any atom is -0.427 e. The van der Waals surface area contributed by atoms with E-state index in [1.165, 1.54) is 5.35 Å². The summed E-state index contributed by atoms with van der Waals surface area (Å²) in [6.07, 6.45) is 15.1. The van der Waals surface area contributed by atoms with E-state index in [1.807, 2.05) is 36.6 Å². The zero-order chi connectivity index (χ0) is 15.5. The molecule has 0 bridgehead atoms. The number of ether oxygens (including phenoxy) is 1. The number of aromatic nitrogens is 1. The van der Waals surface area contributed by atoms with Crippen LogP contribution in [0.1, 0.15) is 6.42 Å². The van der Waals surface area contributed by atoms with Gasteiger partial charge >= 0.3 is 7.12 Å². The first-order valence-corrected chi connectivity index (χ1v) is 7.63. The monoisotopic (exact) mass is 298 g/mol. The molecule has 0 saturated carbocycles. The Hall–Kier alpha value is -1.69. The zero-order valence-corrected chi connectivity index (χ0v) is 12.7. The molecule has 0 radical (unpaired) electrons. The molecule has 0 spiro atoms. The van der Waals surface area contributed by atoms with E-state index in [1.54, 1.807) is 7.11 Å². The molecule has 1 aromatic rings. The summed E-state index contributed by atoms with van der Waals surface area (Å²) in [6.45, 7) is 0.717. The van der Waals surface area contributed by atoms with Gasteiger partial charge < -0.3 is 14.8 Å². The molecule has 1 aromatic heterocycles. The third-order valence-corrected chi connectivity index (χ3v) is 4.41. The molecule has 3 rings (SSSR count). The molecule has 0 fully saturated rings. The highest BCUT2D eigenvalue weighted by Crippen LogP contribution is 2.26. The number of pyridine rings is 1. The minimum atomic E-state index is -1.33. The predicted octanol–water partition coefficient (Wildman–Crippen LogP) is -0.461. The largest absolute Gasteiger partial charge is 0.459 e. The van der Waals surface area contributed by atoms with Crippen LogP contribution in [-0.4, -0.2) is 30.4 Å². The third kappa shape index (κ3) is 3.07. The number of hydrogen-bond acceptors (Lipinski definition) is 3. The Bertz CT molecular complexity index is 711. The van der Waals surface area contributed by atoms with E-state index in [0.717, 1.165) is 11.6 Å². The van der Waals surface area contributed by atoms with E-state index < -0.39 is 7.12 Å². The van der Waals surface area contributed by atoms with Crippen LogP contribution in [0.4, 0.5) is 0 Å². The number of methoxy groups -OCH3 is 1. The highest BCUT2D eigenvalue weighted by Gasteiger charge is 2.32. The van der Waals surface area contributed by atoms with Crippen molar-refractivity contribution in [1.29, 1.82) is 0 Å². The average molecular weight is 298 g/mol. The average Bonchev–Trinajstić information content (AvgIpc) is 2.55. The second-order valence-electron chi connectivity index (χ2n) is 5.81. The van der Waals surface area contributed by atoms with Gasteiger partial charge in [0.1, 0.15) is 0 Å². The number of allylic oxidation sites excluding steroid dienone is 4. The lowest BCUT2D eigenvalue weighted by Gasteiger charge is -2.21. The molecule has 0 aliphatic heterocycles. The molecule has 5 heteroatoms. The van der Waals surface area contributed by atoms with Crippen molar-refractivity contribution < 1.29 is 19.4 Å². The number of rotatable bonds is 4. The molecule has 4 nitrogen and oxygen atoms in total. The molecule has 2 aliphatic carbocycles. The van der Waals surface area contributed by atoms with E-state index in [-0.39, 0.29) is 17.8 Å². The Morgan fingerprint density at radius 3 is 2.91 bits per heavy atom. The zero-order valence-electron chi connectivity index (χ0n) is 12.7. The maximum atomic E-state index is 9.56. The SMILES string of the molecule is COC1C=c2ccc[n+](CC3C=CC=CC3B(O)O)c2=CC1. The van der Waals surface area contributed by atoms with E-state index >= 15 is 0 Å². The molecule has 0 aromatic carbocycles. The molecule has 2 N–H and O–H groups in total. The van der Waals surface area contributed by atoms with Crippen LogP contribution in [0.15, 0.2) is 42.6 Å². The Morgan fingerprint density at radius 2 is 2.14 bits per heavy atom. The fourth-order valence-electron chi connectivity index (χ4n) is 3.18. The quantitative estimate of drug-likeness (QED) is 0.584. The lowest BCUT2D eigenvalue weighted by molar-refractivity contribution is -0.714. The van der Waals surface area contributed by atoms with Crippen molar-refractivity contribution >= 4 is 19.3 Å². The van der Waals surface area contributed by atoms with Crippen LogP contribution in [0, 0.1) is 5.92 Å². The van der Waals surface area contributed by atoms with Crippen LogP contribution < -0.4 is 15.1 Å². The van der Waals surface area contributed by atoms with Gasteiger partial charge in [-0.2, -0.15) is 4.57 Å². The molecule has 0 saturated heterocycles. The Morgan fingerprint density at radius 1 is 1.32 bits per heavy atom. The van der Waals surface area contributed by atoms with Gasteiger partial charge in [-0.05, 0) is 18.2 Å². The van der Waals surface area contributed by atoms with Gasteiger partial charge in [-0.15, -0.1) is 0 Å². The predicted molar refractivity (Wildman–Crippen MR) is 85.9 cm³/mol. The lowest BCUT2D eigenvalue weighted by atomic mass is 9.64. The first-order chi connectivity index (χ1) is 10.7. The smallest absolute Gasteiger partial charge is 0.427 e. The molecule has 3 unspecified atom stereocenters. The van der Waals surface area contributed by atoms with Gasteiger partial charge in [-0.1, -0.05) is 24.3 Å². The summed E-state index contributed by atoms with van der Waals surface area (Å²) in [7, 11) is 0.392. The van der Waals surface area contributed by atoms with Crippen LogP contribution in [0.25, 0.3) is 12.2 Å². The van der Waals surface area contributed by atoms with E-state index in [2.05, 4.69) is 22.8 Å². The summed E-state index contributed by atoms with van der Waals surface area (Å²) in [4.78, 5) is 0. The first-order valence-electron chi connectivity index (χ1n) is 7.63. The minimum absolute atomic E-state index is 0.0649. The van der Waals surface area contributed by atoms with E-state index in [0.29, 0.717) is 6.54 Å². The Balaban J connectivity index is 1.91. The highest BCUT2D eigenvalue weighted by molar-refractivity contribution is 6.44. The van der Waals surface area contributed by atoms with Crippen molar-refractivity contribution in [2.45, 2.75) is 24.9 Å². The second kappa shape index (κ2) is 6.61. The number of fused-ring (bicyclic) bond motifs is 1. The summed E-state index contributed by atoms with van der Waals surface area (Å²) < 4.78 is 7.59. The molecule has 1 heterocycles. The van der Waals surface area contributed by atoms with Crippen molar-refractivity contribution in [1.82, 2.24) is 0 Å². The van der Waals surface area contributed by atoms with Crippen LogP contribution in [-0.2, 0) is 11.3 Å². The fourth-order valence-corrected chi connectivity index (χ4v) is 3.18. The molecular formula is C17H21BNO3+. The van der Waals surface area contributed by atoms with Crippen molar-refractivity contribution in [2.75, 3.05) is 7.11 Å². The lowest BCUT2D eigenvalue weighted by Crippen LogP contribution is -2.59. The first kappa shape index (κ1) is 15.2. The van der Waals surface area contributed by atoms with Crippen molar-refractivity contribution in [3.63, 3.8) is 0 Å².